The molecule has 2 aliphatic rings. The zero-order chi connectivity index (χ0) is 19.5. The normalized spacial score (nSPS) is 18.6. The SMILES string of the molecule is CN(CCCCN1C(=O)[C@@H]2Cc3ccccc3CN2C1=O)Cc1ccccc1. The van der Waals surface area contributed by atoms with E-state index in [0.717, 1.165) is 31.5 Å². The highest BCUT2D eigenvalue weighted by atomic mass is 16.2. The minimum atomic E-state index is -0.317. The Bertz CT molecular complexity index is 809. The van der Waals surface area contributed by atoms with Crippen LogP contribution in [0.4, 0.5) is 4.79 Å². The van der Waals surface area contributed by atoms with Gasteiger partial charge in [0.05, 0.1) is 0 Å². The fourth-order valence-corrected chi connectivity index (χ4v) is 4.21. The molecule has 4 rings (SSSR count). The molecular weight excluding hydrogens is 350 g/mol. The van der Waals surface area contributed by atoms with Crippen molar-refractivity contribution in [3.05, 3.63) is 71.3 Å². The van der Waals surface area contributed by atoms with Crippen molar-refractivity contribution in [2.24, 2.45) is 0 Å². The third-order valence-corrected chi connectivity index (χ3v) is 5.74. The second-order valence-corrected chi connectivity index (χ2v) is 7.82. The van der Waals surface area contributed by atoms with E-state index in [4.69, 9.17) is 0 Å². The van der Waals surface area contributed by atoms with Crippen LogP contribution in [-0.4, -0.2) is 52.8 Å². The number of unbranched alkanes of at least 4 members (excludes halogenated alkanes) is 1. The maximum Gasteiger partial charge on any atom is 0.327 e. The van der Waals surface area contributed by atoms with Crippen molar-refractivity contribution in [1.82, 2.24) is 14.7 Å². The number of amides is 3. The monoisotopic (exact) mass is 377 g/mol. The van der Waals surface area contributed by atoms with Gasteiger partial charge in [-0.2, -0.15) is 0 Å². The lowest BCUT2D eigenvalue weighted by atomic mass is 9.95. The molecule has 2 aromatic rings. The predicted octanol–water partition coefficient (Wildman–Crippen LogP) is 3.29. The summed E-state index contributed by atoms with van der Waals surface area (Å²) in [7, 11) is 2.11. The zero-order valence-electron chi connectivity index (χ0n) is 16.4. The summed E-state index contributed by atoms with van der Waals surface area (Å²) in [6.45, 7) is 2.92. The Morgan fingerprint density at radius 2 is 1.68 bits per heavy atom. The standard InChI is InChI=1S/C23H27N3O2/c1-24(16-18-9-3-2-4-10-18)13-7-8-14-25-22(27)21-15-19-11-5-6-12-20(19)17-26(21)23(25)28/h2-6,9-12,21H,7-8,13-17H2,1H3/t21-/m0/s1. The van der Waals surface area contributed by atoms with Crippen LogP contribution in [0.3, 0.4) is 0 Å². The summed E-state index contributed by atoms with van der Waals surface area (Å²) in [5, 5.41) is 0. The summed E-state index contributed by atoms with van der Waals surface area (Å²) in [6.07, 6.45) is 2.44. The van der Waals surface area contributed by atoms with Crippen LogP contribution in [0, 0.1) is 0 Å². The summed E-state index contributed by atoms with van der Waals surface area (Å²) < 4.78 is 0. The molecule has 146 valence electrons. The van der Waals surface area contributed by atoms with Crippen LogP contribution in [0.5, 0.6) is 0 Å². The highest BCUT2D eigenvalue weighted by molar-refractivity contribution is 6.04. The molecule has 1 atom stereocenters. The summed E-state index contributed by atoms with van der Waals surface area (Å²) in [5.74, 6) is -0.0304. The van der Waals surface area contributed by atoms with Gasteiger partial charge in [0.1, 0.15) is 6.04 Å². The molecular formula is C23H27N3O2. The largest absolute Gasteiger partial charge is 0.327 e. The number of benzene rings is 2. The first-order valence-corrected chi connectivity index (χ1v) is 10.0. The minimum absolute atomic E-state index is 0.0304. The molecule has 0 aliphatic carbocycles. The summed E-state index contributed by atoms with van der Waals surface area (Å²) >= 11 is 0. The van der Waals surface area contributed by atoms with Gasteiger partial charge in [-0.3, -0.25) is 9.69 Å². The van der Waals surface area contributed by atoms with Gasteiger partial charge in [-0.15, -0.1) is 0 Å². The Balaban J connectivity index is 1.27. The number of hydrogen-bond acceptors (Lipinski definition) is 3. The van der Waals surface area contributed by atoms with E-state index in [1.807, 2.05) is 18.2 Å². The number of nitrogens with zero attached hydrogens (tertiary/aromatic N) is 3. The van der Waals surface area contributed by atoms with Crippen LogP contribution in [0.2, 0.25) is 0 Å². The van der Waals surface area contributed by atoms with Crippen molar-refractivity contribution in [3.63, 3.8) is 0 Å². The van der Waals surface area contributed by atoms with Crippen molar-refractivity contribution >= 4 is 11.9 Å². The molecule has 1 fully saturated rings. The van der Waals surface area contributed by atoms with Gasteiger partial charge in [0, 0.05) is 26.1 Å². The van der Waals surface area contributed by atoms with E-state index in [1.165, 1.54) is 16.0 Å². The van der Waals surface area contributed by atoms with Gasteiger partial charge in [0.15, 0.2) is 0 Å². The first-order chi connectivity index (χ1) is 13.6. The number of carbonyl (C=O) groups is 2. The summed E-state index contributed by atoms with van der Waals surface area (Å²) in [4.78, 5) is 31.0. The van der Waals surface area contributed by atoms with E-state index < -0.39 is 0 Å². The molecule has 0 spiro atoms. The second-order valence-electron chi connectivity index (χ2n) is 7.82. The molecule has 2 aromatic carbocycles. The predicted molar refractivity (Wildman–Crippen MR) is 109 cm³/mol. The maximum atomic E-state index is 12.8. The Kier molecular flexibility index (Phi) is 5.44. The third-order valence-electron chi connectivity index (χ3n) is 5.74. The van der Waals surface area contributed by atoms with Gasteiger partial charge in [-0.25, -0.2) is 4.79 Å². The zero-order valence-corrected chi connectivity index (χ0v) is 16.4. The smallest absolute Gasteiger partial charge is 0.308 e. The Morgan fingerprint density at radius 3 is 2.46 bits per heavy atom. The van der Waals surface area contributed by atoms with E-state index >= 15 is 0 Å². The van der Waals surface area contributed by atoms with E-state index in [9.17, 15) is 9.59 Å². The number of rotatable bonds is 7. The van der Waals surface area contributed by atoms with Crippen molar-refractivity contribution < 1.29 is 9.59 Å². The van der Waals surface area contributed by atoms with E-state index in [0.29, 0.717) is 19.5 Å². The molecule has 2 aliphatic heterocycles. The van der Waals surface area contributed by atoms with Gasteiger partial charge in [-0.1, -0.05) is 54.6 Å². The summed E-state index contributed by atoms with van der Waals surface area (Å²) in [6, 6.07) is 18.1. The van der Waals surface area contributed by atoms with Gasteiger partial charge in [-0.05, 0) is 43.1 Å². The number of imide groups is 1. The lowest BCUT2D eigenvalue weighted by Gasteiger charge is -2.28. The first-order valence-electron chi connectivity index (χ1n) is 10.0. The molecule has 0 saturated carbocycles. The van der Waals surface area contributed by atoms with Gasteiger partial charge in [0.2, 0.25) is 0 Å². The molecule has 28 heavy (non-hydrogen) atoms. The molecule has 0 radical (unpaired) electrons. The molecule has 5 nitrogen and oxygen atoms in total. The number of hydrogen-bond donors (Lipinski definition) is 0. The van der Waals surface area contributed by atoms with Crippen LogP contribution in [-0.2, 0) is 24.3 Å². The fourth-order valence-electron chi connectivity index (χ4n) is 4.21. The molecule has 0 N–H and O–H groups in total. The van der Waals surface area contributed by atoms with Gasteiger partial charge < -0.3 is 9.80 Å². The quantitative estimate of drug-likeness (QED) is 0.549. The van der Waals surface area contributed by atoms with Crippen molar-refractivity contribution in [3.8, 4) is 0 Å². The molecule has 0 bridgehead atoms. The van der Waals surface area contributed by atoms with Gasteiger partial charge in [0.25, 0.3) is 5.91 Å². The minimum Gasteiger partial charge on any atom is -0.308 e. The molecule has 0 unspecified atom stereocenters. The highest BCUT2D eigenvalue weighted by Gasteiger charge is 2.46. The van der Waals surface area contributed by atoms with Gasteiger partial charge >= 0.3 is 6.03 Å². The first kappa shape index (κ1) is 18.7. The molecule has 1 saturated heterocycles. The van der Waals surface area contributed by atoms with Crippen LogP contribution in [0.25, 0.3) is 0 Å². The van der Waals surface area contributed by atoms with Crippen molar-refractivity contribution in [2.75, 3.05) is 20.1 Å². The highest BCUT2D eigenvalue weighted by Crippen LogP contribution is 2.30. The van der Waals surface area contributed by atoms with Crippen LogP contribution in [0.1, 0.15) is 29.5 Å². The molecule has 5 heteroatoms. The van der Waals surface area contributed by atoms with Crippen LogP contribution >= 0.6 is 0 Å². The van der Waals surface area contributed by atoms with Crippen molar-refractivity contribution in [1.29, 1.82) is 0 Å². The molecule has 3 amide bonds. The average Bonchev–Trinajstić information content (AvgIpc) is 2.94. The average molecular weight is 377 g/mol. The number of carbonyl (C=O) groups excluding carboxylic acids is 2. The fraction of sp³-hybridized carbons (Fsp3) is 0.391. The molecule has 0 aromatic heterocycles. The van der Waals surface area contributed by atoms with E-state index in [-0.39, 0.29) is 18.0 Å². The van der Waals surface area contributed by atoms with E-state index in [2.05, 4.69) is 48.3 Å². The maximum absolute atomic E-state index is 12.8. The lowest BCUT2D eigenvalue weighted by molar-refractivity contribution is -0.128. The Labute approximate surface area is 166 Å². The molecule has 2 heterocycles. The Morgan fingerprint density at radius 1 is 0.964 bits per heavy atom. The van der Waals surface area contributed by atoms with Crippen molar-refractivity contribution in [2.45, 2.75) is 38.4 Å². The summed E-state index contributed by atoms with van der Waals surface area (Å²) in [5.41, 5.74) is 3.64. The second kappa shape index (κ2) is 8.15. The van der Waals surface area contributed by atoms with Crippen LogP contribution < -0.4 is 0 Å². The topological polar surface area (TPSA) is 43.9 Å². The van der Waals surface area contributed by atoms with Crippen LogP contribution in [0.15, 0.2) is 54.6 Å². The van der Waals surface area contributed by atoms with E-state index in [1.54, 1.807) is 4.90 Å². The Hall–Kier alpha value is -2.66. The lowest BCUT2D eigenvalue weighted by Crippen LogP contribution is -2.39. The number of urea groups is 1. The number of fused-ring (bicyclic) bond motifs is 2. The third kappa shape index (κ3) is 3.80.